The lowest BCUT2D eigenvalue weighted by atomic mass is 10.2. The number of carbonyl (C=O) groups is 2. The Kier molecular flexibility index (Phi) is 6.05. The third-order valence-electron chi connectivity index (χ3n) is 3.09. The number of benzene rings is 2. The van der Waals surface area contributed by atoms with Gasteiger partial charge in [-0.05, 0) is 24.3 Å². The van der Waals surface area contributed by atoms with E-state index in [0.29, 0.717) is 6.07 Å². The molecule has 0 saturated carbocycles. The number of anilines is 2. The summed E-state index contributed by atoms with van der Waals surface area (Å²) in [6.45, 7) is -0.871. The highest BCUT2D eigenvalue weighted by Crippen LogP contribution is 2.20. The van der Waals surface area contributed by atoms with Gasteiger partial charge in [0.2, 0.25) is 10.0 Å². The van der Waals surface area contributed by atoms with E-state index in [1.807, 2.05) is 5.32 Å². The third kappa shape index (κ3) is 5.45. The van der Waals surface area contributed by atoms with E-state index in [4.69, 9.17) is 4.74 Å². The van der Waals surface area contributed by atoms with Crippen LogP contribution in [-0.4, -0.2) is 33.2 Å². The SMILES string of the molecule is CS(=O)(=O)Nc1ccccc1C(=O)OCC(=O)Nc1ccc(F)c(F)c1F. The van der Waals surface area contributed by atoms with Crippen LogP contribution in [0.2, 0.25) is 0 Å². The summed E-state index contributed by atoms with van der Waals surface area (Å²) in [7, 11) is -3.66. The van der Waals surface area contributed by atoms with Gasteiger partial charge in [-0.3, -0.25) is 9.52 Å². The zero-order chi connectivity index (χ0) is 20.2. The minimum absolute atomic E-state index is 0.0583. The maximum atomic E-state index is 13.5. The molecule has 0 spiro atoms. The van der Waals surface area contributed by atoms with Crippen LogP contribution >= 0.6 is 0 Å². The summed E-state index contributed by atoms with van der Waals surface area (Å²) in [6.07, 6.45) is 0.888. The maximum Gasteiger partial charge on any atom is 0.340 e. The first-order valence-corrected chi connectivity index (χ1v) is 9.15. The molecule has 2 N–H and O–H groups in total. The molecule has 0 unspecified atom stereocenters. The molecule has 7 nitrogen and oxygen atoms in total. The van der Waals surface area contributed by atoms with Gasteiger partial charge in [0.1, 0.15) is 0 Å². The Labute approximate surface area is 152 Å². The standard InChI is InChI=1S/C16H13F3N2O5S/c1-27(24,25)21-11-5-3-2-4-9(11)16(23)26-8-13(22)20-12-7-6-10(17)14(18)15(12)19/h2-7,21H,8H2,1H3,(H,20,22). The Hall–Kier alpha value is -3.08. The largest absolute Gasteiger partial charge is 0.452 e. The molecule has 11 heteroatoms. The lowest BCUT2D eigenvalue weighted by Crippen LogP contribution is -2.22. The van der Waals surface area contributed by atoms with E-state index in [9.17, 15) is 31.2 Å². The molecule has 0 fully saturated rings. The average molecular weight is 402 g/mol. The van der Waals surface area contributed by atoms with Gasteiger partial charge < -0.3 is 10.1 Å². The predicted molar refractivity (Wildman–Crippen MR) is 90.1 cm³/mol. The molecule has 0 saturated heterocycles. The second kappa shape index (κ2) is 8.08. The molecule has 2 aromatic carbocycles. The average Bonchev–Trinajstić information content (AvgIpc) is 2.59. The quantitative estimate of drug-likeness (QED) is 0.570. The van der Waals surface area contributed by atoms with Crippen LogP contribution in [0.1, 0.15) is 10.4 Å². The molecule has 144 valence electrons. The molecule has 2 rings (SSSR count). The molecule has 0 aromatic heterocycles. The van der Waals surface area contributed by atoms with Gasteiger partial charge in [-0.2, -0.15) is 0 Å². The predicted octanol–water partition coefficient (Wildman–Crippen LogP) is 2.27. The second-order valence-corrected chi connectivity index (χ2v) is 7.02. The van der Waals surface area contributed by atoms with Crippen molar-refractivity contribution in [2.45, 2.75) is 0 Å². The van der Waals surface area contributed by atoms with Crippen molar-refractivity contribution in [1.29, 1.82) is 0 Å². The number of esters is 1. The Morgan fingerprint density at radius 2 is 1.67 bits per heavy atom. The van der Waals surface area contributed by atoms with E-state index in [0.717, 1.165) is 12.3 Å². The Balaban J connectivity index is 2.04. The van der Waals surface area contributed by atoms with E-state index in [2.05, 4.69) is 4.72 Å². The second-order valence-electron chi connectivity index (χ2n) is 5.27. The molecule has 2 aromatic rings. The van der Waals surface area contributed by atoms with Gasteiger partial charge in [0.05, 0.1) is 23.2 Å². The number of sulfonamides is 1. The Morgan fingerprint density at radius 3 is 2.33 bits per heavy atom. The molecule has 0 aliphatic rings. The fraction of sp³-hybridized carbons (Fsp3) is 0.125. The first-order chi connectivity index (χ1) is 12.6. The van der Waals surface area contributed by atoms with Crippen LogP contribution in [0.4, 0.5) is 24.5 Å². The van der Waals surface area contributed by atoms with E-state index >= 15 is 0 Å². The highest BCUT2D eigenvalue weighted by Gasteiger charge is 2.18. The number of carbonyl (C=O) groups excluding carboxylic acids is 2. The van der Waals surface area contributed by atoms with Gasteiger partial charge in [-0.25, -0.2) is 26.4 Å². The number of hydrogen-bond donors (Lipinski definition) is 2. The zero-order valence-electron chi connectivity index (χ0n) is 13.8. The summed E-state index contributed by atoms with van der Waals surface area (Å²) in [5.41, 5.74) is -0.846. The summed E-state index contributed by atoms with van der Waals surface area (Å²) in [5, 5.41) is 1.93. The molecule has 1 amide bonds. The number of para-hydroxylation sites is 1. The van der Waals surface area contributed by atoms with E-state index in [1.54, 1.807) is 0 Å². The summed E-state index contributed by atoms with van der Waals surface area (Å²) >= 11 is 0. The fourth-order valence-corrected chi connectivity index (χ4v) is 2.54. The number of nitrogens with one attached hydrogen (secondary N) is 2. The highest BCUT2D eigenvalue weighted by molar-refractivity contribution is 7.92. The number of amides is 1. The van der Waals surface area contributed by atoms with Crippen LogP contribution in [0.15, 0.2) is 36.4 Å². The summed E-state index contributed by atoms with van der Waals surface area (Å²) < 4.78 is 68.9. The van der Waals surface area contributed by atoms with Crippen molar-refractivity contribution in [2.75, 3.05) is 22.9 Å². The van der Waals surface area contributed by atoms with Crippen molar-refractivity contribution < 1.29 is 35.9 Å². The lowest BCUT2D eigenvalue weighted by Gasteiger charge is -2.11. The molecular formula is C16H13F3N2O5S. The van der Waals surface area contributed by atoms with Crippen LogP contribution in [0.25, 0.3) is 0 Å². The summed E-state index contributed by atoms with van der Waals surface area (Å²) in [4.78, 5) is 23.8. The van der Waals surface area contributed by atoms with Gasteiger partial charge in [0, 0.05) is 0 Å². The molecule has 0 heterocycles. The monoisotopic (exact) mass is 402 g/mol. The normalized spacial score (nSPS) is 11.0. The van der Waals surface area contributed by atoms with Crippen LogP contribution in [0, 0.1) is 17.5 Å². The number of rotatable bonds is 6. The molecule has 27 heavy (non-hydrogen) atoms. The van der Waals surface area contributed by atoms with Crippen LogP contribution in [0.3, 0.4) is 0 Å². The minimum Gasteiger partial charge on any atom is -0.452 e. The van der Waals surface area contributed by atoms with Crippen molar-refractivity contribution in [1.82, 2.24) is 0 Å². The van der Waals surface area contributed by atoms with E-state index < -0.39 is 51.6 Å². The van der Waals surface area contributed by atoms with Gasteiger partial charge in [-0.15, -0.1) is 0 Å². The van der Waals surface area contributed by atoms with Gasteiger partial charge >= 0.3 is 5.97 Å². The molecule has 0 bridgehead atoms. The molecule has 0 aliphatic heterocycles. The fourth-order valence-electron chi connectivity index (χ4n) is 1.97. The molecule has 0 radical (unpaired) electrons. The third-order valence-corrected chi connectivity index (χ3v) is 3.68. The van der Waals surface area contributed by atoms with E-state index in [-0.39, 0.29) is 11.3 Å². The smallest absolute Gasteiger partial charge is 0.340 e. The zero-order valence-corrected chi connectivity index (χ0v) is 14.6. The first-order valence-electron chi connectivity index (χ1n) is 7.26. The molecule has 0 atom stereocenters. The maximum absolute atomic E-state index is 13.5. The van der Waals surface area contributed by atoms with Crippen molar-refractivity contribution in [3.8, 4) is 0 Å². The van der Waals surface area contributed by atoms with Crippen molar-refractivity contribution in [3.63, 3.8) is 0 Å². The van der Waals surface area contributed by atoms with Crippen molar-refractivity contribution >= 4 is 33.3 Å². The Morgan fingerprint density at radius 1 is 1.00 bits per heavy atom. The van der Waals surface area contributed by atoms with Crippen molar-refractivity contribution in [2.24, 2.45) is 0 Å². The minimum atomic E-state index is -3.66. The number of hydrogen-bond acceptors (Lipinski definition) is 5. The molecular weight excluding hydrogens is 389 g/mol. The van der Waals surface area contributed by atoms with E-state index in [1.165, 1.54) is 24.3 Å². The molecule has 0 aliphatic carbocycles. The first kappa shape index (κ1) is 20.2. The highest BCUT2D eigenvalue weighted by atomic mass is 32.2. The van der Waals surface area contributed by atoms with Crippen LogP contribution in [-0.2, 0) is 19.6 Å². The Bertz CT molecular complexity index is 996. The number of halogens is 3. The van der Waals surface area contributed by atoms with Crippen LogP contribution in [0.5, 0.6) is 0 Å². The lowest BCUT2D eigenvalue weighted by molar-refractivity contribution is -0.119. The number of ether oxygens (including phenoxy) is 1. The van der Waals surface area contributed by atoms with Crippen LogP contribution < -0.4 is 10.0 Å². The summed E-state index contributed by atoms with van der Waals surface area (Å²) in [6, 6.07) is 6.92. The topological polar surface area (TPSA) is 102 Å². The van der Waals surface area contributed by atoms with Crippen molar-refractivity contribution in [3.05, 3.63) is 59.4 Å². The van der Waals surface area contributed by atoms with Gasteiger partial charge in [0.15, 0.2) is 24.1 Å². The summed E-state index contributed by atoms with van der Waals surface area (Å²) in [5.74, 6) is -6.82. The van der Waals surface area contributed by atoms with Gasteiger partial charge in [0.25, 0.3) is 5.91 Å². The van der Waals surface area contributed by atoms with Gasteiger partial charge in [-0.1, -0.05) is 12.1 Å².